The van der Waals surface area contributed by atoms with Gasteiger partial charge in [0.2, 0.25) is 5.28 Å². The third-order valence-corrected chi connectivity index (χ3v) is 4.66. The van der Waals surface area contributed by atoms with Crippen LogP contribution in [-0.4, -0.2) is 22.6 Å². The van der Waals surface area contributed by atoms with Crippen molar-refractivity contribution in [1.82, 2.24) is 9.97 Å². The Morgan fingerprint density at radius 3 is 3.00 bits per heavy atom. The van der Waals surface area contributed by atoms with Gasteiger partial charge in [0.25, 0.3) is 0 Å². The molecule has 2 aromatic heterocycles. The summed E-state index contributed by atoms with van der Waals surface area (Å²) in [6.07, 6.45) is 2.44. The number of aromatic nitrogens is 2. The van der Waals surface area contributed by atoms with Crippen molar-refractivity contribution in [3.05, 3.63) is 16.7 Å². The van der Waals surface area contributed by atoms with Gasteiger partial charge in [-0.3, -0.25) is 0 Å². The molecule has 1 fully saturated rings. The van der Waals surface area contributed by atoms with Crippen LogP contribution in [0.25, 0.3) is 10.2 Å². The van der Waals surface area contributed by atoms with E-state index in [1.807, 2.05) is 0 Å². The molecule has 0 spiro atoms. The molecular formula is C13H16ClN3S. The highest BCUT2D eigenvalue weighted by Gasteiger charge is 2.25. The standard InChI is InChI=1S/C13H16ClN3S/c1-8-3-5-17(9(2)7-8)11-10-4-6-18-12(10)16-13(14)15-11/h4,6,8-9H,3,5,7H2,1-2H3. The van der Waals surface area contributed by atoms with Crippen LogP contribution in [-0.2, 0) is 0 Å². The summed E-state index contributed by atoms with van der Waals surface area (Å²) in [5.74, 6) is 1.80. The number of piperidine rings is 1. The van der Waals surface area contributed by atoms with Gasteiger partial charge in [0.1, 0.15) is 10.6 Å². The Kier molecular flexibility index (Phi) is 3.16. The van der Waals surface area contributed by atoms with E-state index in [-0.39, 0.29) is 0 Å². The highest BCUT2D eigenvalue weighted by atomic mass is 35.5. The van der Waals surface area contributed by atoms with Crippen molar-refractivity contribution < 1.29 is 0 Å². The molecule has 0 aromatic carbocycles. The van der Waals surface area contributed by atoms with Crippen molar-refractivity contribution in [2.24, 2.45) is 5.92 Å². The lowest BCUT2D eigenvalue weighted by Gasteiger charge is -2.37. The number of fused-ring (bicyclic) bond motifs is 1. The zero-order valence-corrected chi connectivity index (χ0v) is 12.1. The van der Waals surface area contributed by atoms with Gasteiger partial charge < -0.3 is 4.90 Å². The maximum Gasteiger partial charge on any atom is 0.225 e. The second kappa shape index (κ2) is 4.67. The number of anilines is 1. The Labute approximate surface area is 116 Å². The second-order valence-electron chi connectivity index (χ2n) is 5.13. The summed E-state index contributed by atoms with van der Waals surface area (Å²) in [6, 6.07) is 2.61. The van der Waals surface area contributed by atoms with Crippen molar-refractivity contribution in [2.75, 3.05) is 11.4 Å². The molecule has 96 valence electrons. The molecule has 1 aliphatic rings. The average Bonchev–Trinajstić information content (AvgIpc) is 2.76. The first-order valence-corrected chi connectivity index (χ1v) is 7.58. The summed E-state index contributed by atoms with van der Waals surface area (Å²) in [5, 5.41) is 3.53. The highest BCUT2D eigenvalue weighted by molar-refractivity contribution is 7.16. The lowest BCUT2D eigenvalue weighted by Crippen LogP contribution is -2.40. The summed E-state index contributed by atoms with van der Waals surface area (Å²) in [6.45, 7) is 5.64. The molecule has 0 N–H and O–H groups in total. The lowest BCUT2D eigenvalue weighted by atomic mass is 9.93. The minimum absolute atomic E-state index is 0.353. The Bertz CT molecular complexity index is 568. The van der Waals surface area contributed by atoms with Gasteiger partial charge in [0.15, 0.2) is 0 Å². The molecule has 0 aliphatic carbocycles. The smallest absolute Gasteiger partial charge is 0.225 e. The first kappa shape index (κ1) is 12.2. The molecule has 1 saturated heterocycles. The Hall–Kier alpha value is -0.870. The van der Waals surface area contributed by atoms with Crippen LogP contribution in [0.3, 0.4) is 0 Å². The van der Waals surface area contributed by atoms with E-state index in [9.17, 15) is 0 Å². The zero-order chi connectivity index (χ0) is 12.7. The van der Waals surface area contributed by atoms with Gasteiger partial charge in [-0.2, -0.15) is 4.98 Å². The summed E-state index contributed by atoms with van der Waals surface area (Å²) in [7, 11) is 0. The summed E-state index contributed by atoms with van der Waals surface area (Å²) < 4.78 is 0. The third-order valence-electron chi connectivity index (χ3n) is 3.69. The van der Waals surface area contributed by atoms with Crippen molar-refractivity contribution in [1.29, 1.82) is 0 Å². The number of hydrogen-bond donors (Lipinski definition) is 0. The van der Waals surface area contributed by atoms with Crippen LogP contribution < -0.4 is 4.90 Å². The van der Waals surface area contributed by atoms with Gasteiger partial charge in [-0.1, -0.05) is 6.92 Å². The average molecular weight is 282 g/mol. The van der Waals surface area contributed by atoms with Gasteiger partial charge in [-0.15, -0.1) is 11.3 Å². The molecule has 3 nitrogen and oxygen atoms in total. The predicted octanol–water partition coefficient (Wildman–Crippen LogP) is 3.97. The fraction of sp³-hybridized carbons (Fsp3) is 0.538. The quantitative estimate of drug-likeness (QED) is 0.741. The molecule has 18 heavy (non-hydrogen) atoms. The maximum atomic E-state index is 6.03. The van der Waals surface area contributed by atoms with Crippen LogP contribution >= 0.6 is 22.9 Å². The predicted molar refractivity (Wildman–Crippen MR) is 77.6 cm³/mol. The van der Waals surface area contributed by atoms with E-state index in [0.29, 0.717) is 11.3 Å². The van der Waals surface area contributed by atoms with Gasteiger partial charge in [0.05, 0.1) is 5.39 Å². The van der Waals surface area contributed by atoms with Crippen molar-refractivity contribution >= 4 is 39.0 Å². The van der Waals surface area contributed by atoms with E-state index in [4.69, 9.17) is 11.6 Å². The van der Waals surface area contributed by atoms with E-state index in [2.05, 4.69) is 40.2 Å². The van der Waals surface area contributed by atoms with E-state index >= 15 is 0 Å². The summed E-state index contributed by atoms with van der Waals surface area (Å²) in [4.78, 5) is 12.1. The SMILES string of the molecule is CC1CCN(c2nc(Cl)nc3sccc23)C(C)C1. The monoisotopic (exact) mass is 281 g/mol. The number of halogens is 1. The maximum absolute atomic E-state index is 6.03. The fourth-order valence-electron chi connectivity index (χ4n) is 2.76. The van der Waals surface area contributed by atoms with Crippen molar-refractivity contribution in [3.8, 4) is 0 Å². The number of nitrogens with zero attached hydrogens (tertiary/aromatic N) is 3. The Balaban J connectivity index is 2.05. The highest BCUT2D eigenvalue weighted by Crippen LogP contribution is 2.33. The third kappa shape index (κ3) is 2.08. The molecule has 1 aliphatic heterocycles. The normalized spacial score (nSPS) is 24.7. The fourth-order valence-corrected chi connectivity index (χ4v) is 3.73. The van der Waals surface area contributed by atoms with E-state index in [1.165, 1.54) is 12.8 Å². The van der Waals surface area contributed by atoms with Gasteiger partial charge in [0, 0.05) is 12.6 Å². The first-order valence-electron chi connectivity index (χ1n) is 6.32. The molecule has 2 atom stereocenters. The molecule has 0 amide bonds. The minimum atomic E-state index is 0.353. The summed E-state index contributed by atoms with van der Waals surface area (Å²) >= 11 is 7.65. The van der Waals surface area contributed by atoms with Gasteiger partial charge in [-0.25, -0.2) is 4.98 Å². The Morgan fingerprint density at radius 2 is 2.22 bits per heavy atom. The van der Waals surface area contributed by atoms with Crippen LogP contribution in [0.15, 0.2) is 11.4 Å². The van der Waals surface area contributed by atoms with Crippen LogP contribution in [0, 0.1) is 5.92 Å². The second-order valence-corrected chi connectivity index (χ2v) is 6.36. The molecule has 0 bridgehead atoms. The minimum Gasteiger partial charge on any atom is -0.353 e. The summed E-state index contributed by atoms with van der Waals surface area (Å²) in [5.41, 5.74) is 0. The molecule has 5 heteroatoms. The van der Waals surface area contributed by atoms with Crippen LogP contribution in [0.1, 0.15) is 26.7 Å². The zero-order valence-electron chi connectivity index (χ0n) is 10.6. The molecule has 3 heterocycles. The van der Waals surface area contributed by atoms with Crippen molar-refractivity contribution in [3.63, 3.8) is 0 Å². The number of hydrogen-bond acceptors (Lipinski definition) is 4. The van der Waals surface area contributed by atoms with E-state index < -0.39 is 0 Å². The van der Waals surface area contributed by atoms with Gasteiger partial charge >= 0.3 is 0 Å². The van der Waals surface area contributed by atoms with Gasteiger partial charge in [-0.05, 0) is 48.7 Å². The number of thiophene rings is 1. The first-order chi connectivity index (χ1) is 8.65. The molecule has 2 aromatic rings. The van der Waals surface area contributed by atoms with E-state index in [1.54, 1.807) is 11.3 Å². The van der Waals surface area contributed by atoms with Crippen LogP contribution in [0.2, 0.25) is 5.28 Å². The largest absolute Gasteiger partial charge is 0.353 e. The molecule has 0 saturated carbocycles. The molecular weight excluding hydrogens is 266 g/mol. The van der Waals surface area contributed by atoms with Crippen molar-refractivity contribution in [2.45, 2.75) is 32.7 Å². The number of rotatable bonds is 1. The van der Waals surface area contributed by atoms with Crippen LogP contribution in [0.5, 0.6) is 0 Å². The molecule has 3 rings (SSSR count). The lowest BCUT2D eigenvalue weighted by molar-refractivity contribution is 0.376. The topological polar surface area (TPSA) is 29.0 Å². The van der Waals surface area contributed by atoms with E-state index in [0.717, 1.165) is 28.5 Å². The Morgan fingerprint density at radius 1 is 1.39 bits per heavy atom. The van der Waals surface area contributed by atoms with Crippen LogP contribution in [0.4, 0.5) is 5.82 Å². The molecule has 0 radical (unpaired) electrons. The molecule has 2 unspecified atom stereocenters.